The van der Waals surface area contributed by atoms with Gasteiger partial charge in [0.1, 0.15) is 36.4 Å². The van der Waals surface area contributed by atoms with Gasteiger partial charge in [-0.25, -0.2) is 9.59 Å². The van der Waals surface area contributed by atoms with Gasteiger partial charge in [0.25, 0.3) is 15.6 Å². The average Bonchev–Trinajstić information content (AvgIpc) is 3.03. The predicted octanol–water partition coefficient (Wildman–Crippen LogP) is -1.98. The minimum atomic E-state index is -4.89. The smallest absolute Gasteiger partial charge is 0.334 e. The van der Waals surface area contributed by atoms with E-state index in [1.54, 1.807) is 26.0 Å². The second-order valence-corrected chi connectivity index (χ2v) is 14.2. The van der Waals surface area contributed by atoms with Crippen molar-refractivity contribution in [2.24, 2.45) is 0 Å². The Morgan fingerprint density at radius 2 is 0.944 bits per heavy atom. The minimum Gasteiger partial charge on any atom is -0.756 e. The fourth-order valence-electron chi connectivity index (χ4n) is 5.37. The summed E-state index contributed by atoms with van der Waals surface area (Å²) in [5.41, 5.74) is 9.35. The third kappa shape index (κ3) is 25.5. The summed E-state index contributed by atoms with van der Waals surface area (Å²) in [6.07, 6.45) is 7.52. The van der Waals surface area contributed by atoms with E-state index in [1.807, 2.05) is 0 Å². The molecule has 0 fully saturated rings. The molecule has 0 aliphatic heterocycles. The highest BCUT2D eigenvalue weighted by molar-refractivity contribution is 7.43. The molecule has 0 aromatic heterocycles. The number of nitrogens with one attached hydrogen (secondary N) is 2. The van der Waals surface area contributed by atoms with Crippen LogP contribution in [0.15, 0.2) is 23.3 Å². The van der Waals surface area contributed by atoms with E-state index in [2.05, 4.69) is 49.8 Å². The normalized spacial score (nSPS) is 22.4. The van der Waals surface area contributed by atoms with E-state index in [1.165, 1.54) is 13.8 Å². The Bertz CT molecular complexity index is 1200. The molecule has 0 radical (unpaired) electrons. The quantitative estimate of drug-likeness (QED) is 0.0695. The highest BCUT2D eigenvalue weighted by Gasteiger charge is 2.39. The van der Waals surface area contributed by atoms with Crippen LogP contribution < -0.4 is 31.9 Å². The molecule has 0 bridgehead atoms. The van der Waals surface area contributed by atoms with E-state index in [0.717, 1.165) is 25.7 Å². The van der Waals surface area contributed by atoms with Gasteiger partial charge < -0.3 is 70.4 Å². The Kier molecular flexibility index (Phi) is 26.9. The molecule has 316 valence electrons. The molecule has 6 atom stereocenters. The zero-order valence-corrected chi connectivity index (χ0v) is 34.2. The number of rotatable bonds is 14. The first-order valence-corrected chi connectivity index (χ1v) is 20.7. The van der Waals surface area contributed by atoms with Crippen molar-refractivity contribution in [1.29, 1.82) is 0 Å². The molecule has 2 aliphatic carbocycles. The summed E-state index contributed by atoms with van der Waals surface area (Å²) in [4.78, 5) is 92.7. The summed E-state index contributed by atoms with van der Waals surface area (Å²) >= 11 is 0. The maximum Gasteiger partial charge on any atom is 0.334 e. The van der Waals surface area contributed by atoms with Crippen LogP contribution in [0.5, 0.6) is 0 Å². The van der Waals surface area contributed by atoms with E-state index in [4.69, 9.17) is 57.4 Å². The number of phosphoric acid groups is 2. The summed E-state index contributed by atoms with van der Waals surface area (Å²) in [5.74, 6) is -0.888. The molecular weight excluding hydrogens is 758 g/mol. The number of carbonyl (C=O) groups is 4. The molecule has 2 rings (SSSR count). The largest absolute Gasteiger partial charge is 0.756 e. The lowest BCUT2D eigenvalue weighted by atomic mass is 9.88. The molecule has 54 heavy (non-hydrogen) atoms. The Hall–Kier alpha value is -2.58. The molecule has 12 N–H and O–H groups in total. The molecule has 0 aromatic carbocycles. The molecule has 2 aliphatic rings. The lowest BCUT2D eigenvalue weighted by molar-refractivity contribution is -0.430. The van der Waals surface area contributed by atoms with Crippen LogP contribution in [-0.4, -0.2) is 105 Å². The number of ether oxygens (including phenoxy) is 4. The summed E-state index contributed by atoms with van der Waals surface area (Å²) < 4.78 is 39.9. The van der Waals surface area contributed by atoms with Crippen molar-refractivity contribution >= 4 is 39.4 Å². The second-order valence-electron chi connectivity index (χ2n) is 12.3. The lowest BCUT2D eigenvalue weighted by Gasteiger charge is -2.34. The van der Waals surface area contributed by atoms with Crippen molar-refractivity contribution in [3.63, 3.8) is 0 Å². The van der Waals surface area contributed by atoms with Gasteiger partial charge in [0, 0.05) is 37.8 Å². The van der Waals surface area contributed by atoms with Crippen LogP contribution in [0.1, 0.15) is 93.9 Å². The predicted molar refractivity (Wildman–Crippen MR) is 190 cm³/mol. The Morgan fingerprint density at radius 3 is 1.15 bits per heavy atom. The Labute approximate surface area is 316 Å². The Balaban J connectivity index is 0. The van der Waals surface area contributed by atoms with Crippen molar-refractivity contribution < 1.29 is 88.1 Å². The fraction of sp³-hybridized carbons (Fsp3) is 0.750. The van der Waals surface area contributed by atoms with Crippen molar-refractivity contribution in [2.45, 2.75) is 142 Å². The number of amides is 2. The van der Waals surface area contributed by atoms with Crippen molar-refractivity contribution in [2.75, 3.05) is 13.2 Å². The third-order valence-corrected chi connectivity index (χ3v) is 7.75. The van der Waals surface area contributed by atoms with E-state index in [-0.39, 0.29) is 72.3 Å². The first-order chi connectivity index (χ1) is 24.8. The number of hydrogen-bond donors (Lipinski definition) is 8. The summed E-state index contributed by atoms with van der Waals surface area (Å²) in [6, 6.07) is -0.715. The molecule has 2 amide bonds. The highest BCUT2D eigenvalue weighted by Crippen LogP contribution is 2.25. The van der Waals surface area contributed by atoms with Crippen molar-refractivity contribution in [3.8, 4) is 0 Å². The first-order valence-electron chi connectivity index (χ1n) is 17.6. The van der Waals surface area contributed by atoms with Gasteiger partial charge in [-0.15, -0.1) is 0 Å². The third-order valence-electron chi connectivity index (χ3n) is 7.75. The molecule has 22 heteroatoms. The molecule has 0 saturated carbocycles. The molecule has 0 unspecified atom stereocenters. The number of esters is 2. The lowest BCUT2D eigenvalue weighted by Crippen LogP contribution is -2.73. The van der Waals surface area contributed by atoms with Crippen LogP contribution >= 0.6 is 15.6 Å². The van der Waals surface area contributed by atoms with Crippen LogP contribution in [-0.2, 0) is 47.3 Å². The topological polar surface area (TPSA) is 346 Å². The highest BCUT2D eigenvalue weighted by atomic mass is 31.2. The van der Waals surface area contributed by atoms with Crippen LogP contribution in [0.3, 0.4) is 0 Å². The number of quaternary nitrogens is 2. The second kappa shape index (κ2) is 27.1. The van der Waals surface area contributed by atoms with Gasteiger partial charge in [-0.3, -0.25) is 18.7 Å². The van der Waals surface area contributed by atoms with Gasteiger partial charge in [-0.2, -0.15) is 0 Å². The summed E-state index contributed by atoms with van der Waals surface area (Å²) in [7, 11) is -9.78. The van der Waals surface area contributed by atoms with Crippen LogP contribution in [0, 0.1) is 0 Å². The summed E-state index contributed by atoms with van der Waals surface area (Å²) in [6.45, 7) is 15.4. The molecular formula is C32H62N4O16P2. The number of hydrogen-bond acceptors (Lipinski definition) is 12. The molecule has 0 aromatic rings. The van der Waals surface area contributed by atoms with E-state index >= 15 is 0 Å². The summed E-state index contributed by atoms with van der Waals surface area (Å²) in [5, 5.41) is 5.81. The van der Waals surface area contributed by atoms with Crippen LogP contribution in [0.25, 0.3) is 0 Å². The standard InChI is InChI=1S/2C16H28N2O4.2H3O4P/c2*1-5-12(6-2)22-14-9-11(16(20)21-7-3)8-13(17)15(14)18-10(4)19;2*1-5(2,3)4/h2*9,12-15H,5-8,17H2,1-4H3,(H,18,19);2*(H3,1,2,3,4)/t2*13-,14+,15+;;/m00../s1. The molecule has 20 nitrogen and oxygen atoms in total. The monoisotopic (exact) mass is 820 g/mol. The van der Waals surface area contributed by atoms with E-state index in [0.29, 0.717) is 37.2 Å². The van der Waals surface area contributed by atoms with Crippen molar-refractivity contribution in [3.05, 3.63) is 23.3 Å². The van der Waals surface area contributed by atoms with E-state index < -0.39 is 15.6 Å². The zero-order valence-electron chi connectivity index (χ0n) is 32.4. The van der Waals surface area contributed by atoms with Gasteiger partial charge in [-0.05, 0) is 51.7 Å². The molecule has 0 heterocycles. The van der Waals surface area contributed by atoms with Crippen molar-refractivity contribution in [1.82, 2.24) is 10.6 Å². The van der Waals surface area contributed by atoms with Gasteiger partial charge in [0.15, 0.2) is 0 Å². The maximum absolute atomic E-state index is 12.0. The minimum absolute atomic E-state index is 0.0891. The fourth-order valence-corrected chi connectivity index (χ4v) is 5.37. The molecule has 0 saturated heterocycles. The van der Waals surface area contributed by atoms with Gasteiger partial charge in [0.2, 0.25) is 11.8 Å². The van der Waals surface area contributed by atoms with Gasteiger partial charge >= 0.3 is 11.9 Å². The van der Waals surface area contributed by atoms with Gasteiger partial charge in [-0.1, -0.05) is 27.7 Å². The van der Waals surface area contributed by atoms with Crippen LogP contribution in [0.2, 0.25) is 0 Å². The van der Waals surface area contributed by atoms with E-state index in [9.17, 15) is 19.2 Å². The van der Waals surface area contributed by atoms with Gasteiger partial charge in [0.05, 0.1) is 25.4 Å². The average molecular weight is 821 g/mol. The zero-order chi connectivity index (χ0) is 42.4. The number of carbonyl (C=O) groups excluding carboxylic acids is 4. The SMILES string of the molecule is CCOC(=O)C1=C[C@@H](OC(CC)CC)[C@H](NC(C)=O)[C@@H]([NH3+])C1.CCOC(=O)C1=C[C@@H](OC(CC)CC)[C@H](NC(C)=O)[C@@H]([NH3+])C1.O=P([O-])(O)O.O=P([O-])(O)O. The first kappa shape index (κ1) is 53.5. The van der Waals surface area contributed by atoms with Crippen LogP contribution in [0.4, 0.5) is 0 Å². The molecule has 0 spiro atoms. The Morgan fingerprint density at radius 1 is 0.685 bits per heavy atom. The maximum atomic E-state index is 12.0.